The molecule has 0 radical (unpaired) electrons. The fraction of sp³-hybridized carbons (Fsp3) is 0.190. The first-order valence-corrected chi connectivity index (χ1v) is 11.3. The van der Waals surface area contributed by atoms with E-state index in [2.05, 4.69) is 20.7 Å². The number of hydrogen-bond acceptors (Lipinski definition) is 10. The van der Waals surface area contributed by atoms with E-state index in [0.29, 0.717) is 32.9 Å². The SMILES string of the molecule is COc1cc(/C=N\NC(=O)CSc2nnc(COc3ccc(Cl)cc3Cl)o2)ccc1OCC#N. The van der Waals surface area contributed by atoms with E-state index >= 15 is 0 Å². The molecule has 13 heteroatoms. The molecule has 0 bridgehead atoms. The van der Waals surface area contributed by atoms with Crippen molar-refractivity contribution in [3.05, 3.63) is 57.9 Å². The number of carbonyl (C=O) groups is 1. The zero-order chi connectivity index (χ0) is 24.3. The van der Waals surface area contributed by atoms with Gasteiger partial charge in [-0.3, -0.25) is 4.79 Å². The van der Waals surface area contributed by atoms with Gasteiger partial charge < -0.3 is 18.6 Å². The van der Waals surface area contributed by atoms with Crippen molar-refractivity contribution in [2.24, 2.45) is 5.10 Å². The van der Waals surface area contributed by atoms with Gasteiger partial charge in [-0.2, -0.15) is 10.4 Å². The van der Waals surface area contributed by atoms with E-state index in [9.17, 15) is 4.79 Å². The number of nitriles is 1. The van der Waals surface area contributed by atoms with E-state index in [4.69, 9.17) is 47.1 Å². The van der Waals surface area contributed by atoms with Gasteiger partial charge in [0.2, 0.25) is 0 Å². The quantitative estimate of drug-likeness (QED) is 0.224. The average molecular weight is 522 g/mol. The van der Waals surface area contributed by atoms with Crippen LogP contribution in [0.5, 0.6) is 17.2 Å². The first kappa shape index (κ1) is 25.2. The summed E-state index contributed by atoms with van der Waals surface area (Å²) in [5, 5.41) is 21.3. The molecule has 1 N–H and O–H groups in total. The molecule has 1 aromatic heterocycles. The van der Waals surface area contributed by atoms with Crippen LogP contribution < -0.4 is 19.6 Å². The largest absolute Gasteiger partial charge is 0.493 e. The summed E-state index contributed by atoms with van der Waals surface area (Å²) in [4.78, 5) is 12.0. The molecule has 0 fully saturated rings. The minimum atomic E-state index is -0.369. The topological polar surface area (TPSA) is 132 Å². The Balaban J connectivity index is 1.44. The monoisotopic (exact) mass is 521 g/mol. The van der Waals surface area contributed by atoms with Crippen molar-refractivity contribution < 1.29 is 23.4 Å². The first-order valence-electron chi connectivity index (χ1n) is 9.51. The van der Waals surface area contributed by atoms with Gasteiger partial charge in [0.25, 0.3) is 17.0 Å². The third-order valence-corrected chi connectivity index (χ3v) is 5.25. The lowest BCUT2D eigenvalue weighted by Crippen LogP contribution is -2.19. The fourth-order valence-electron chi connectivity index (χ4n) is 2.42. The van der Waals surface area contributed by atoms with E-state index in [1.54, 1.807) is 36.4 Å². The molecule has 3 aromatic rings. The Bertz CT molecular complexity index is 1210. The molecule has 0 spiro atoms. The van der Waals surface area contributed by atoms with Gasteiger partial charge in [-0.15, -0.1) is 10.2 Å². The van der Waals surface area contributed by atoms with Crippen LogP contribution in [-0.2, 0) is 11.4 Å². The second-order valence-corrected chi connectivity index (χ2v) is 8.03. The fourth-order valence-corrected chi connectivity index (χ4v) is 3.45. The van der Waals surface area contributed by atoms with Gasteiger partial charge >= 0.3 is 0 Å². The zero-order valence-electron chi connectivity index (χ0n) is 17.7. The number of hydrazone groups is 1. The number of carbonyl (C=O) groups excluding carboxylic acids is 1. The molecule has 176 valence electrons. The lowest BCUT2D eigenvalue weighted by atomic mass is 10.2. The molecule has 0 saturated carbocycles. The Hall–Kier alpha value is -3.46. The van der Waals surface area contributed by atoms with Gasteiger partial charge in [-0.1, -0.05) is 35.0 Å². The number of rotatable bonds is 11. The summed E-state index contributed by atoms with van der Waals surface area (Å²) in [7, 11) is 1.48. The van der Waals surface area contributed by atoms with Gasteiger partial charge in [0, 0.05) is 5.02 Å². The molecular weight excluding hydrogens is 505 g/mol. The van der Waals surface area contributed by atoms with Crippen LogP contribution in [0.2, 0.25) is 10.0 Å². The van der Waals surface area contributed by atoms with Crippen molar-refractivity contribution in [1.82, 2.24) is 15.6 Å². The summed E-state index contributed by atoms with van der Waals surface area (Å²) >= 11 is 12.9. The predicted molar refractivity (Wildman–Crippen MR) is 126 cm³/mol. The first-order chi connectivity index (χ1) is 16.5. The number of ether oxygens (including phenoxy) is 3. The Labute approximate surface area is 208 Å². The van der Waals surface area contributed by atoms with Crippen molar-refractivity contribution >= 4 is 47.1 Å². The van der Waals surface area contributed by atoms with E-state index < -0.39 is 0 Å². The molecule has 34 heavy (non-hydrogen) atoms. The van der Waals surface area contributed by atoms with E-state index in [-0.39, 0.29) is 36.0 Å². The second-order valence-electron chi connectivity index (χ2n) is 6.26. The number of benzene rings is 2. The van der Waals surface area contributed by atoms with Gasteiger partial charge in [-0.25, -0.2) is 5.43 Å². The number of thioether (sulfide) groups is 1. The Morgan fingerprint density at radius 2 is 2.03 bits per heavy atom. The molecule has 1 heterocycles. The molecule has 0 aliphatic carbocycles. The smallest absolute Gasteiger partial charge is 0.277 e. The third-order valence-electron chi connectivity index (χ3n) is 3.90. The summed E-state index contributed by atoms with van der Waals surface area (Å²) in [6.45, 7) is -0.0853. The molecule has 0 aliphatic heterocycles. The van der Waals surface area contributed by atoms with Gasteiger partial charge in [0.05, 0.1) is 24.1 Å². The summed E-state index contributed by atoms with van der Waals surface area (Å²) in [6, 6.07) is 11.7. The van der Waals surface area contributed by atoms with Gasteiger partial charge in [0.1, 0.15) is 11.8 Å². The maximum Gasteiger partial charge on any atom is 0.277 e. The van der Waals surface area contributed by atoms with Crippen molar-refractivity contribution in [2.45, 2.75) is 11.8 Å². The summed E-state index contributed by atoms with van der Waals surface area (Å²) in [5.74, 6) is 1.16. The van der Waals surface area contributed by atoms with E-state index in [1.807, 2.05) is 6.07 Å². The summed E-state index contributed by atoms with van der Waals surface area (Å²) in [6.07, 6.45) is 1.45. The molecule has 3 rings (SSSR count). The molecule has 0 saturated heterocycles. The molecule has 10 nitrogen and oxygen atoms in total. The maximum absolute atomic E-state index is 12.0. The van der Waals surface area contributed by atoms with E-state index in [1.165, 1.54) is 13.3 Å². The number of nitrogens with zero attached hydrogens (tertiary/aromatic N) is 4. The van der Waals surface area contributed by atoms with Crippen LogP contribution in [0.4, 0.5) is 0 Å². The number of hydrogen-bond donors (Lipinski definition) is 1. The number of amides is 1. The molecule has 0 unspecified atom stereocenters. The second kappa shape index (κ2) is 12.7. The highest BCUT2D eigenvalue weighted by Gasteiger charge is 2.11. The lowest BCUT2D eigenvalue weighted by Gasteiger charge is -2.08. The summed E-state index contributed by atoms with van der Waals surface area (Å²) < 4.78 is 21.4. The van der Waals surface area contributed by atoms with Crippen LogP contribution in [0, 0.1) is 11.3 Å². The Morgan fingerprint density at radius 3 is 2.79 bits per heavy atom. The van der Waals surface area contributed by atoms with Crippen LogP contribution in [-0.4, -0.2) is 41.8 Å². The minimum absolute atomic E-state index is 0.00705. The van der Waals surface area contributed by atoms with Gasteiger partial charge in [-0.05, 0) is 42.0 Å². The van der Waals surface area contributed by atoms with Crippen molar-refractivity contribution in [2.75, 3.05) is 19.5 Å². The van der Waals surface area contributed by atoms with Gasteiger partial charge in [0.15, 0.2) is 24.7 Å². The van der Waals surface area contributed by atoms with Crippen LogP contribution in [0.15, 0.2) is 51.1 Å². The van der Waals surface area contributed by atoms with Crippen LogP contribution in [0.25, 0.3) is 0 Å². The molecule has 1 amide bonds. The Kier molecular flexibility index (Phi) is 9.40. The number of halogens is 2. The summed E-state index contributed by atoms with van der Waals surface area (Å²) in [5.41, 5.74) is 3.07. The number of nitrogens with one attached hydrogen (secondary N) is 1. The lowest BCUT2D eigenvalue weighted by molar-refractivity contribution is -0.118. The van der Waals surface area contributed by atoms with Crippen LogP contribution in [0.1, 0.15) is 11.5 Å². The third kappa shape index (κ3) is 7.55. The van der Waals surface area contributed by atoms with E-state index in [0.717, 1.165) is 11.8 Å². The van der Waals surface area contributed by atoms with Crippen LogP contribution in [0.3, 0.4) is 0 Å². The van der Waals surface area contributed by atoms with Crippen LogP contribution >= 0.6 is 35.0 Å². The number of aromatic nitrogens is 2. The molecular formula is C21H17Cl2N5O5S. The van der Waals surface area contributed by atoms with Crippen molar-refractivity contribution in [3.8, 4) is 23.3 Å². The zero-order valence-corrected chi connectivity index (χ0v) is 20.0. The Morgan fingerprint density at radius 1 is 1.21 bits per heavy atom. The number of methoxy groups -OCH3 is 1. The highest BCUT2D eigenvalue weighted by atomic mass is 35.5. The van der Waals surface area contributed by atoms with Crippen molar-refractivity contribution in [1.29, 1.82) is 5.26 Å². The van der Waals surface area contributed by atoms with Crippen molar-refractivity contribution in [3.63, 3.8) is 0 Å². The molecule has 0 atom stereocenters. The molecule has 0 aliphatic rings. The maximum atomic E-state index is 12.0. The minimum Gasteiger partial charge on any atom is -0.493 e. The highest BCUT2D eigenvalue weighted by Crippen LogP contribution is 2.29. The standard InChI is InChI=1S/C21H17Cl2N5O5S/c1-30-18-8-13(2-4-17(18)31-7-6-24)10-25-26-19(29)12-34-21-28-27-20(33-21)11-32-16-5-3-14(22)9-15(16)23/h2-5,8-10H,7,11-12H2,1H3,(H,26,29)/b25-10-. The normalized spacial score (nSPS) is 10.6. The average Bonchev–Trinajstić information content (AvgIpc) is 3.29. The highest BCUT2D eigenvalue weighted by molar-refractivity contribution is 7.99. The molecule has 2 aromatic carbocycles. The predicted octanol–water partition coefficient (Wildman–Crippen LogP) is 4.11.